The summed E-state index contributed by atoms with van der Waals surface area (Å²) in [6.45, 7) is 1.97. The number of hydrogen-bond acceptors (Lipinski definition) is 6. The number of rotatable bonds is 8. The molecule has 1 aliphatic rings. The van der Waals surface area contributed by atoms with E-state index in [1.54, 1.807) is 12.1 Å². The van der Waals surface area contributed by atoms with E-state index in [0.717, 1.165) is 12.0 Å². The first-order chi connectivity index (χ1) is 11.5. The van der Waals surface area contributed by atoms with E-state index in [1.165, 1.54) is 21.3 Å². The summed E-state index contributed by atoms with van der Waals surface area (Å²) in [5, 5.41) is 2.70. The van der Waals surface area contributed by atoms with E-state index in [1.807, 2.05) is 6.92 Å². The van der Waals surface area contributed by atoms with Gasteiger partial charge >= 0.3 is 5.97 Å². The summed E-state index contributed by atoms with van der Waals surface area (Å²) in [5.74, 6) is 1.16. The smallest absolute Gasteiger partial charge is 0.309 e. The molecule has 7 heteroatoms. The van der Waals surface area contributed by atoms with Gasteiger partial charge in [-0.1, -0.05) is 6.92 Å². The Hall–Kier alpha value is -2.44. The van der Waals surface area contributed by atoms with Gasteiger partial charge in [-0.2, -0.15) is 0 Å². The summed E-state index contributed by atoms with van der Waals surface area (Å²) in [4.78, 5) is 23.4. The Labute approximate surface area is 141 Å². The van der Waals surface area contributed by atoms with Crippen molar-refractivity contribution in [2.24, 2.45) is 11.8 Å². The lowest BCUT2D eigenvalue weighted by molar-refractivity contribution is -0.150. The Bertz CT molecular complexity index is 590. The van der Waals surface area contributed by atoms with Crippen molar-refractivity contribution in [2.75, 3.05) is 27.9 Å². The molecule has 0 spiro atoms. The van der Waals surface area contributed by atoms with Crippen LogP contribution < -0.4 is 19.5 Å². The van der Waals surface area contributed by atoms with Crippen LogP contribution in [0.2, 0.25) is 0 Å². The van der Waals surface area contributed by atoms with Crippen molar-refractivity contribution in [2.45, 2.75) is 19.9 Å². The van der Waals surface area contributed by atoms with Gasteiger partial charge in [0.15, 0.2) is 18.1 Å². The van der Waals surface area contributed by atoms with E-state index in [0.29, 0.717) is 23.2 Å². The van der Waals surface area contributed by atoms with Crippen molar-refractivity contribution < 1.29 is 28.5 Å². The van der Waals surface area contributed by atoms with Crippen molar-refractivity contribution >= 4 is 11.9 Å². The normalized spacial score (nSPS) is 18.5. The first-order valence-corrected chi connectivity index (χ1v) is 7.72. The Morgan fingerprint density at radius 3 is 2.17 bits per heavy atom. The van der Waals surface area contributed by atoms with Crippen LogP contribution in [0, 0.1) is 11.8 Å². The second-order valence-corrected chi connectivity index (χ2v) is 5.74. The predicted octanol–water partition coefficient (Wildman–Crippen LogP) is 1.53. The quantitative estimate of drug-likeness (QED) is 0.724. The minimum Gasteiger partial charge on any atom is -0.493 e. The fourth-order valence-electron chi connectivity index (χ4n) is 2.38. The van der Waals surface area contributed by atoms with Crippen LogP contribution in [0.3, 0.4) is 0 Å². The molecule has 132 valence electrons. The van der Waals surface area contributed by atoms with Crippen LogP contribution in [0.15, 0.2) is 12.1 Å². The van der Waals surface area contributed by atoms with Gasteiger partial charge in [-0.3, -0.25) is 9.59 Å². The monoisotopic (exact) mass is 337 g/mol. The largest absolute Gasteiger partial charge is 0.493 e. The molecule has 1 N–H and O–H groups in total. The number of nitrogens with one attached hydrogen (secondary N) is 1. The first kappa shape index (κ1) is 17.9. The van der Waals surface area contributed by atoms with Crippen LogP contribution in [0.5, 0.6) is 17.2 Å². The fourth-order valence-corrected chi connectivity index (χ4v) is 2.38. The van der Waals surface area contributed by atoms with Gasteiger partial charge in [-0.15, -0.1) is 0 Å². The van der Waals surface area contributed by atoms with E-state index in [9.17, 15) is 9.59 Å². The minimum atomic E-state index is -0.356. The van der Waals surface area contributed by atoms with Crippen LogP contribution >= 0.6 is 0 Å². The summed E-state index contributed by atoms with van der Waals surface area (Å²) in [5.41, 5.74) is 0.778. The summed E-state index contributed by atoms with van der Waals surface area (Å²) >= 11 is 0. The average Bonchev–Trinajstić information content (AvgIpc) is 3.33. The standard InChI is InChI=1S/C17H23NO6/c1-10-5-12(10)17(20)24-9-15(19)18-8-11-6-13(21-2)16(23-4)14(7-11)22-3/h6-7,10,12H,5,8-9H2,1-4H3,(H,18,19)/t10-,12+/m0/s1. The first-order valence-electron chi connectivity index (χ1n) is 7.72. The van der Waals surface area contributed by atoms with E-state index >= 15 is 0 Å². The fraction of sp³-hybridized carbons (Fsp3) is 0.529. The number of carbonyl (C=O) groups is 2. The Kier molecular flexibility index (Phi) is 5.89. The zero-order chi connectivity index (χ0) is 17.7. The topological polar surface area (TPSA) is 83.1 Å². The SMILES string of the molecule is COc1cc(CNC(=O)COC(=O)[C@@H]2C[C@@H]2C)cc(OC)c1OC. The second-order valence-electron chi connectivity index (χ2n) is 5.74. The highest BCUT2D eigenvalue weighted by Gasteiger charge is 2.40. The van der Waals surface area contributed by atoms with Crippen molar-refractivity contribution in [3.05, 3.63) is 17.7 Å². The van der Waals surface area contributed by atoms with Crippen LogP contribution in [0.1, 0.15) is 18.9 Å². The van der Waals surface area contributed by atoms with Crippen LogP contribution in [0.4, 0.5) is 0 Å². The molecule has 0 radical (unpaired) electrons. The molecular formula is C17H23NO6. The van der Waals surface area contributed by atoms with E-state index in [4.69, 9.17) is 18.9 Å². The van der Waals surface area contributed by atoms with Crippen LogP contribution in [-0.4, -0.2) is 39.8 Å². The predicted molar refractivity (Wildman–Crippen MR) is 86.2 cm³/mol. The summed E-state index contributed by atoms with van der Waals surface area (Å²) in [6.07, 6.45) is 0.839. The molecule has 2 rings (SSSR count). The lowest BCUT2D eigenvalue weighted by Gasteiger charge is -2.14. The van der Waals surface area contributed by atoms with Crippen molar-refractivity contribution in [3.8, 4) is 17.2 Å². The minimum absolute atomic E-state index is 0.0482. The van der Waals surface area contributed by atoms with E-state index in [-0.39, 0.29) is 30.9 Å². The number of methoxy groups -OCH3 is 3. The second kappa shape index (κ2) is 7.90. The highest BCUT2D eigenvalue weighted by Crippen LogP contribution is 2.39. The lowest BCUT2D eigenvalue weighted by atomic mass is 10.1. The molecule has 1 aromatic carbocycles. The van der Waals surface area contributed by atoms with E-state index < -0.39 is 0 Å². The zero-order valence-corrected chi connectivity index (χ0v) is 14.4. The van der Waals surface area contributed by atoms with Gasteiger partial charge in [-0.25, -0.2) is 0 Å². The highest BCUT2D eigenvalue weighted by molar-refractivity contribution is 5.82. The lowest BCUT2D eigenvalue weighted by Crippen LogP contribution is -2.28. The van der Waals surface area contributed by atoms with Gasteiger partial charge < -0.3 is 24.3 Å². The Morgan fingerprint density at radius 2 is 1.71 bits per heavy atom. The van der Waals surface area contributed by atoms with Gasteiger partial charge in [0, 0.05) is 6.54 Å². The third-order valence-corrected chi connectivity index (χ3v) is 3.97. The number of hydrogen-bond donors (Lipinski definition) is 1. The molecule has 1 saturated carbocycles. The van der Waals surface area contributed by atoms with Gasteiger partial charge in [-0.05, 0) is 30.0 Å². The molecule has 0 bridgehead atoms. The van der Waals surface area contributed by atoms with Crippen molar-refractivity contribution in [3.63, 3.8) is 0 Å². The Balaban J connectivity index is 1.88. The maximum Gasteiger partial charge on any atom is 0.309 e. The molecule has 0 saturated heterocycles. The molecule has 1 aromatic rings. The molecule has 0 aliphatic heterocycles. The molecule has 7 nitrogen and oxygen atoms in total. The molecular weight excluding hydrogens is 314 g/mol. The number of ether oxygens (including phenoxy) is 4. The van der Waals surface area contributed by atoms with Gasteiger partial charge in [0.1, 0.15) is 0 Å². The maximum absolute atomic E-state index is 11.8. The molecule has 1 aliphatic carbocycles. The number of carbonyl (C=O) groups excluding carboxylic acids is 2. The van der Waals surface area contributed by atoms with Gasteiger partial charge in [0.25, 0.3) is 5.91 Å². The molecule has 1 amide bonds. The van der Waals surface area contributed by atoms with Gasteiger partial charge in [0.2, 0.25) is 5.75 Å². The molecule has 24 heavy (non-hydrogen) atoms. The van der Waals surface area contributed by atoms with Crippen LogP contribution in [0.25, 0.3) is 0 Å². The van der Waals surface area contributed by atoms with Gasteiger partial charge in [0.05, 0.1) is 27.2 Å². The summed E-state index contributed by atoms with van der Waals surface area (Å²) in [7, 11) is 4.58. The van der Waals surface area contributed by atoms with Crippen molar-refractivity contribution in [1.82, 2.24) is 5.32 Å². The number of amides is 1. The molecule has 0 unspecified atom stereocenters. The number of esters is 1. The van der Waals surface area contributed by atoms with E-state index in [2.05, 4.69) is 5.32 Å². The number of benzene rings is 1. The average molecular weight is 337 g/mol. The maximum atomic E-state index is 11.8. The summed E-state index contributed by atoms with van der Waals surface area (Å²) in [6, 6.07) is 3.50. The third-order valence-electron chi connectivity index (χ3n) is 3.97. The van der Waals surface area contributed by atoms with Crippen molar-refractivity contribution in [1.29, 1.82) is 0 Å². The highest BCUT2D eigenvalue weighted by atomic mass is 16.5. The van der Waals surface area contributed by atoms with Crippen LogP contribution in [-0.2, 0) is 20.9 Å². The molecule has 0 heterocycles. The summed E-state index contributed by atoms with van der Waals surface area (Å²) < 4.78 is 20.8. The molecule has 1 fully saturated rings. The molecule has 0 aromatic heterocycles. The molecule has 2 atom stereocenters. The zero-order valence-electron chi connectivity index (χ0n) is 14.4. The third kappa shape index (κ3) is 4.31. The Morgan fingerprint density at radius 1 is 1.12 bits per heavy atom.